The lowest BCUT2D eigenvalue weighted by Gasteiger charge is -2.21. The van der Waals surface area contributed by atoms with Crippen molar-refractivity contribution in [2.45, 2.75) is 45.2 Å². The molecule has 1 aliphatic carbocycles. The quantitative estimate of drug-likeness (QED) is 0.926. The molecule has 1 aromatic heterocycles. The van der Waals surface area contributed by atoms with Gasteiger partial charge in [0.2, 0.25) is 0 Å². The lowest BCUT2D eigenvalue weighted by molar-refractivity contribution is 0.412. The molecule has 2 rings (SSSR count). The number of aryl methyl sites for hydroxylation is 1. The zero-order valence-electron chi connectivity index (χ0n) is 10.2. The summed E-state index contributed by atoms with van der Waals surface area (Å²) in [6, 6.07) is 0.650. The van der Waals surface area contributed by atoms with Gasteiger partial charge < -0.3 is 5.32 Å². The molecule has 0 spiro atoms. The predicted molar refractivity (Wildman–Crippen MR) is 69.6 cm³/mol. The molecule has 0 bridgehead atoms. The van der Waals surface area contributed by atoms with Crippen molar-refractivity contribution in [1.29, 1.82) is 0 Å². The van der Waals surface area contributed by atoms with Gasteiger partial charge in [-0.3, -0.25) is 4.68 Å². The minimum Gasteiger partial charge on any atom is -0.317 e. The fraction of sp³-hybridized carbons (Fsp3) is 0.750. The summed E-state index contributed by atoms with van der Waals surface area (Å²) in [5.74, 6) is 1.32. The molecule has 1 aromatic rings. The fourth-order valence-electron chi connectivity index (χ4n) is 2.95. The van der Waals surface area contributed by atoms with Crippen LogP contribution < -0.4 is 5.32 Å². The van der Waals surface area contributed by atoms with Crippen LogP contribution in [0.2, 0.25) is 0 Å². The Morgan fingerprint density at radius 1 is 1.56 bits per heavy atom. The molecular formula is C12H20BrN3. The van der Waals surface area contributed by atoms with Crippen molar-refractivity contribution >= 4 is 15.9 Å². The van der Waals surface area contributed by atoms with Crippen molar-refractivity contribution in [3.63, 3.8) is 0 Å². The van der Waals surface area contributed by atoms with E-state index in [1.54, 1.807) is 0 Å². The maximum Gasteiger partial charge on any atom is 0.0635 e. The first-order valence-electron chi connectivity index (χ1n) is 6.07. The molecule has 3 atom stereocenters. The zero-order chi connectivity index (χ0) is 11.7. The van der Waals surface area contributed by atoms with Gasteiger partial charge >= 0.3 is 0 Å². The van der Waals surface area contributed by atoms with Crippen LogP contribution in [0.4, 0.5) is 0 Å². The Morgan fingerprint density at radius 2 is 2.31 bits per heavy atom. The number of nitrogens with zero attached hydrogens (tertiary/aromatic N) is 2. The lowest BCUT2D eigenvalue weighted by atomic mass is 9.92. The van der Waals surface area contributed by atoms with E-state index in [4.69, 9.17) is 0 Å². The molecule has 3 unspecified atom stereocenters. The largest absolute Gasteiger partial charge is 0.317 e. The molecule has 0 amide bonds. The number of aromatic nitrogens is 2. The van der Waals surface area contributed by atoms with Crippen molar-refractivity contribution in [3.8, 4) is 0 Å². The first-order chi connectivity index (χ1) is 7.69. The Bertz CT molecular complexity index is 361. The summed E-state index contributed by atoms with van der Waals surface area (Å²) in [7, 11) is 2.07. The second-order valence-corrected chi connectivity index (χ2v) is 5.49. The Balaban J connectivity index is 2.27. The normalized spacial score (nSPS) is 29.9. The summed E-state index contributed by atoms with van der Waals surface area (Å²) in [5.41, 5.74) is 1.38. The topological polar surface area (TPSA) is 29.9 Å². The van der Waals surface area contributed by atoms with Crippen LogP contribution in [0.25, 0.3) is 0 Å². The molecule has 90 valence electrons. The van der Waals surface area contributed by atoms with Gasteiger partial charge in [-0.15, -0.1) is 0 Å². The Labute approximate surface area is 106 Å². The average molecular weight is 286 g/mol. The third kappa shape index (κ3) is 1.93. The summed E-state index contributed by atoms with van der Waals surface area (Å²) < 4.78 is 3.30. The maximum atomic E-state index is 4.41. The second-order valence-electron chi connectivity index (χ2n) is 4.63. The van der Waals surface area contributed by atoms with Gasteiger partial charge in [-0.25, -0.2) is 0 Å². The van der Waals surface area contributed by atoms with Gasteiger partial charge in [0.1, 0.15) is 0 Å². The van der Waals surface area contributed by atoms with Crippen molar-refractivity contribution in [3.05, 3.63) is 16.4 Å². The Hall–Kier alpha value is -0.350. The SMILES string of the molecule is CCn1ncc(Br)c1C1CCC(NC)C1C. The van der Waals surface area contributed by atoms with E-state index >= 15 is 0 Å². The van der Waals surface area contributed by atoms with Gasteiger partial charge in [0, 0.05) is 18.5 Å². The molecule has 0 radical (unpaired) electrons. The van der Waals surface area contributed by atoms with Crippen LogP contribution in [0, 0.1) is 5.92 Å². The van der Waals surface area contributed by atoms with Gasteiger partial charge in [0.25, 0.3) is 0 Å². The smallest absolute Gasteiger partial charge is 0.0635 e. The van der Waals surface area contributed by atoms with Gasteiger partial charge in [-0.05, 0) is 48.7 Å². The monoisotopic (exact) mass is 285 g/mol. The van der Waals surface area contributed by atoms with Gasteiger partial charge in [0.15, 0.2) is 0 Å². The minimum absolute atomic E-state index is 0.634. The highest BCUT2D eigenvalue weighted by molar-refractivity contribution is 9.10. The number of rotatable bonds is 3. The molecule has 1 aliphatic rings. The van der Waals surface area contributed by atoms with Gasteiger partial charge in [-0.1, -0.05) is 6.92 Å². The van der Waals surface area contributed by atoms with Crippen molar-refractivity contribution in [2.24, 2.45) is 5.92 Å². The zero-order valence-corrected chi connectivity index (χ0v) is 11.8. The number of halogens is 1. The predicted octanol–water partition coefficient (Wildman–Crippen LogP) is 2.77. The Kier molecular flexibility index (Phi) is 3.70. The summed E-state index contributed by atoms with van der Waals surface area (Å²) >= 11 is 3.63. The van der Waals surface area contributed by atoms with Crippen LogP contribution in [0.3, 0.4) is 0 Å². The van der Waals surface area contributed by atoms with E-state index in [9.17, 15) is 0 Å². The third-order valence-electron chi connectivity index (χ3n) is 3.91. The van der Waals surface area contributed by atoms with Gasteiger partial charge in [0.05, 0.1) is 16.4 Å². The summed E-state index contributed by atoms with van der Waals surface area (Å²) in [6.07, 6.45) is 4.46. The van der Waals surface area contributed by atoms with Crippen molar-refractivity contribution in [1.82, 2.24) is 15.1 Å². The van der Waals surface area contributed by atoms with Crippen LogP contribution >= 0.6 is 15.9 Å². The molecular weight excluding hydrogens is 266 g/mol. The fourth-order valence-corrected chi connectivity index (χ4v) is 3.54. The molecule has 3 nitrogen and oxygen atoms in total. The second kappa shape index (κ2) is 4.88. The molecule has 1 saturated carbocycles. The molecule has 0 saturated heterocycles. The van der Waals surface area contributed by atoms with Crippen molar-refractivity contribution < 1.29 is 0 Å². The van der Waals surface area contributed by atoms with E-state index in [0.717, 1.165) is 6.54 Å². The van der Waals surface area contributed by atoms with E-state index in [0.29, 0.717) is 17.9 Å². The summed E-state index contributed by atoms with van der Waals surface area (Å²) in [4.78, 5) is 0. The highest BCUT2D eigenvalue weighted by Gasteiger charge is 2.35. The first-order valence-corrected chi connectivity index (χ1v) is 6.86. The molecule has 1 N–H and O–H groups in total. The van der Waals surface area contributed by atoms with Crippen LogP contribution in [0.1, 0.15) is 38.3 Å². The van der Waals surface area contributed by atoms with E-state index in [2.05, 4.69) is 51.9 Å². The minimum atomic E-state index is 0.634. The van der Waals surface area contributed by atoms with E-state index in [1.165, 1.54) is 23.0 Å². The number of hydrogen-bond acceptors (Lipinski definition) is 2. The summed E-state index contributed by atoms with van der Waals surface area (Å²) in [5, 5.41) is 7.83. The van der Waals surface area contributed by atoms with Crippen LogP contribution in [0.15, 0.2) is 10.7 Å². The van der Waals surface area contributed by atoms with Gasteiger partial charge in [-0.2, -0.15) is 5.10 Å². The van der Waals surface area contributed by atoms with E-state index < -0.39 is 0 Å². The molecule has 1 heterocycles. The summed E-state index contributed by atoms with van der Waals surface area (Å²) in [6.45, 7) is 5.45. The van der Waals surface area contributed by atoms with Crippen LogP contribution in [-0.2, 0) is 6.54 Å². The van der Waals surface area contributed by atoms with Crippen LogP contribution in [-0.4, -0.2) is 22.9 Å². The number of nitrogens with one attached hydrogen (secondary N) is 1. The Morgan fingerprint density at radius 3 is 2.88 bits per heavy atom. The third-order valence-corrected chi connectivity index (χ3v) is 4.52. The molecule has 0 aromatic carbocycles. The molecule has 1 fully saturated rings. The van der Waals surface area contributed by atoms with Crippen LogP contribution in [0.5, 0.6) is 0 Å². The highest BCUT2D eigenvalue weighted by Crippen LogP contribution is 2.41. The molecule has 0 aliphatic heterocycles. The average Bonchev–Trinajstić information content (AvgIpc) is 2.81. The highest BCUT2D eigenvalue weighted by atomic mass is 79.9. The van der Waals surface area contributed by atoms with Crippen molar-refractivity contribution in [2.75, 3.05) is 7.05 Å². The van der Waals surface area contributed by atoms with E-state index in [-0.39, 0.29) is 0 Å². The first kappa shape index (κ1) is 12.1. The number of hydrogen-bond donors (Lipinski definition) is 1. The lowest BCUT2D eigenvalue weighted by Crippen LogP contribution is -2.29. The molecule has 16 heavy (non-hydrogen) atoms. The standard InChI is InChI=1S/C12H20BrN3/c1-4-16-12(10(13)7-15-16)9-5-6-11(14-3)8(9)2/h7-9,11,14H,4-6H2,1-3H3. The molecule has 4 heteroatoms. The maximum absolute atomic E-state index is 4.41. The van der Waals surface area contributed by atoms with E-state index in [1.807, 2.05) is 6.20 Å².